The molecular formula is C29H33N5O4. The Kier molecular flexibility index (Phi) is 8.58. The second-order valence-corrected chi connectivity index (χ2v) is 9.35. The lowest BCUT2D eigenvalue weighted by Gasteiger charge is -2.32. The highest BCUT2D eigenvalue weighted by atomic mass is 16.5. The Balaban J connectivity index is 1.76. The van der Waals surface area contributed by atoms with Crippen molar-refractivity contribution in [1.82, 2.24) is 20.3 Å². The van der Waals surface area contributed by atoms with E-state index in [0.717, 1.165) is 11.9 Å². The third-order valence-electron chi connectivity index (χ3n) is 6.28. The van der Waals surface area contributed by atoms with Gasteiger partial charge in [-0.2, -0.15) is 0 Å². The number of carbonyl (C=O) groups is 2. The number of ether oxygens (including phenoxy) is 2. The van der Waals surface area contributed by atoms with E-state index in [9.17, 15) is 9.59 Å². The van der Waals surface area contributed by atoms with Crippen molar-refractivity contribution in [3.63, 3.8) is 0 Å². The number of benzene rings is 3. The summed E-state index contributed by atoms with van der Waals surface area (Å²) in [6, 6.07) is 20.8. The second kappa shape index (κ2) is 12.2. The van der Waals surface area contributed by atoms with Gasteiger partial charge in [0.2, 0.25) is 11.8 Å². The summed E-state index contributed by atoms with van der Waals surface area (Å²) in [6.45, 7) is 4.60. The number of rotatable bonds is 11. The molecule has 198 valence electrons. The predicted octanol–water partition coefficient (Wildman–Crippen LogP) is 4.39. The van der Waals surface area contributed by atoms with E-state index in [4.69, 9.17) is 9.47 Å². The first-order chi connectivity index (χ1) is 18.4. The number of nitrogens with zero attached hydrogens (tertiary/aromatic N) is 4. The summed E-state index contributed by atoms with van der Waals surface area (Å²) in [6.07, 6.45) is 0.822. The van der Waals surface area contributed by atoms with Gasteiger partial charge in [-0.05, 0) is 66.4 Å². The first kappa shape index (κ1) is 26.7. The van der Waals surface area contributed by atoms with Crippen LogP contribution in [0.5, 0.6) is 11.5 Å². The quantitative estimate of drug-likeness (QED) is 0.318. The standard InChI is InChI=1S/C29H33N5O4/c1-20(2)17-18-30-29(36)28(21-9-13-23(37-3)14-10-21)34(22-11-15-24(38-4)16-12-22)27(35)19-33-26-8-6-5-7-25(26)31-32-33/h5-16,20,28H,17-19H2,1-4H3,(H,30,36)/t28-/m1/s1. The fourth-order valence-electron chi connectivity index (χ4n) is 4.20. The molecule has 1 aromatic heterocycles. The van der Waals surface area contributed by atoms with E-state index in [1.807, 2.05) is 24.3 Å². The number of nitrogens with one attached hydrogen (secondary N) is 1. The molecular weight excluding hydrogens is 482 g/mol. The molecule has 9 nitrogen and oxygen atoms in total. The minimum Gasteiger partial charge on any atom is -0.497 e. The van der Waals surface area contributed by atoms with Gasteiger partial charge in [0, 0.05) is 12.2 Å². The van der Waals surface area contributed by atoms with Crippen LogP contribution in [0.15, 0.2) is 72.8 Å². The fraction of sp³-hybridized carbons (Fsp3) is 0.310. The average molecular weight is 516 g/mol. The Labute approximate surface area is 222 Å². The van der Waals surface area contributed by atoms with Crippen LogP contribution in [-0.4, -0.2) is 47.6 Å². The van der Waals surface area contributed by atoms with Gasteiger partial charge in [-0.3, -0.25) is 14.5 Å². The minimum absolute atomic E-state index is 0.0987. The van der Waals surface area contributed by atoms with Crippen LogP contribution in [0.1, 0.15) is 31.9 Å². The highest BCUT2D eigenvalue weighted by molar-refractivity contribution is 6.01. The van der Waals surface area contributed by atoms with Crippen LogP contribution in [0, 0.1) is 5.92 Å². The van der Waals surface area contributed by atoms with E-state index < -0.39 is 6.04 Å². The summed E-state index contributed by atoms with van der Waals surface area (Å²) in [5.41, 5.74) is 2.63. The van der Waals surface area contributed by atoms with Crippen LogP contribution in [0.3, 0.4) is 0 Å². The van der Waals surface area contributed by atoms with E-state index in [0.29, 0.717) is 40.7 Å². The van der Waals surface area contributed by atoms with Crippen molar-refractivity contribution < 1.29 is 19.1 Å². The molecule has 1 atom stereocenters. The van der Waals surface area contributed by atoms with Gasteiger partial charge in [-0.1, -0.05) is 43.3 Å². The molecule has 0 bridgehead atoms. The highest BCUT2D eigenvalue weighted by Crippen LogP contribution is 2.31. The molecule has 0 radical (unpaired) electrons. The molecule has 0 fully saturated rings. The van der Waals surface area contributed by atoms with Gasteiger partial charge in [0.1, 0.15) is 29.6 Å². The van der Waals surface area contributed by atoms with Crippen LogP contribution in [0.2, 0.25) is 0 Å². The number of methoxy groups -OCH3 is 2. The Hall–Kier alpha value is -4.40. The van der Waals surface area contributed by atoms with Crippen molar-refractivity contribution in [2.75, 3.05) is 25.7 Å². The molecule has 0 saturated heterocycles. The van der Waals surface area contributed by atoms with Crippen LogP contribution >= 0.6 is 0 Å². The summed E-state index contributed by atoms with van der Waals surface area (Å²) in [4.78, 5) is 29.3. The summed E-state index contributed by atoms with van der Waals surface area (Å²) in [5.74, 6) is 1.14. The molecule has 0 spiro atoms. The molecule has 4 rings (SSSR count). The largest absolute Gasteiger partial charge is 0.497 e. The summed E-state index contributed by atoms with van der Waals surface area (Å²) in [5, 5.41) is 11.4. The van der Waals surface area contributed by atoms with Crippen LogP contribution in [0.4, 0.5) is 5.69 Å². The van der Waals surface area contributed by atoms with Crippen LogP contribution in [-0.2, 0) is 16.1 Å². The van der Waals surface area contributed by atoms with Gasteiger partial charge in [0.25, 0.3) is 0 Å². The zero-order valence-electron chi connectivity index (χ0n) is 22.1. The maximum absolute atomic E-state index is 14.0. The normalized spacial score (nSPS) is 11.8. The van der Waals surface area contributed by atoms with Crippen molar-refractivity contribution in [3.8, 4) is 11.5 Å². The third-order valence-corrected chi connectivity index (χ3v) is 6.28. The zero-order chi connectivity index (χ0) is 27.1. The molecule has 1 N–H and O–H groups in total. The maximum atomic E-state index is 14.0. The maximum Gasteiger partial charge on any atom is 0.249 e. The van der Waals surface area contributed by atoms with Crippen LogP contribution in [0.25, 0.3) is 11.0 Å². The van der Waals surface area contributed by atoms with Gasteiger partial charge in [-0.25, -0.2) is 4.68 Å². The Morgan fingerprint density at radius 1 is 0.921 bits per heavy atom. The molecule has 0 unspecified atom stereocenters. The number of aromatic nitrogens is 3. The van der Waals surface area contributed by atoms with Gasteiger partial charge in [0.05, 0.1) is 19.7 Å². The smallest absolute Gasteiger partial charge is 0.249 e. The second-order valence-electron chi connectivity index (χ2n) is 9.35. The number of carbonyl (C=O) groups excluding carboxylic acids is 2. The summed E-state index contributed by atoms with van der Waals surface area (Å²) in [7, 11) is 3.16. The molecule has 2 amide bonds. The van der Waals surface area contributed by atoms with Crippen molar-refractivity contribution >= 4 is 28.5 Å². The lowest BCUT2D eigenvalue weighted by atomic mass is 10.0. The van der Waals surface area contributed by atoms with Crippen molar-refractivity contribution in [2.45, 2.75) is 32.9 Å². The lowest BCUT2D eigenvalue weighted by Crippen LogP contribution is -2.45. The highest BCUT2D eigenvalue weighted by Gasteiger charge is 2.33. The Morgan fingerprint density at radius 2 is 1.55 bits per heavy atom. The van der Waals surface area contributed by atoms with Crippen molar-refractivity contribution in [2.24, 2.45) is 5.92 Å². The first-order valence-electron chi connectivity index (χ1n) is 12.6. The number of hydrogen-bond acceptors (Lipinski definition) is 6. The molecule has 0 aliphatic heterocycles. The zero-order valence-corrected chi connectivity index (χ0v) is 22.1. The van der Waals surface area contributed by atoms with Crippen LogP contribution < -0.4 is 19.7 Å². The lowest BCUT2D eigenvalue weighted by molar-refractivity contribution is -0.127. The summed E-state index contributed by atoms with van der Waals surface area (Å²) >= 11 is 0. The van der Waals surface area contributed by atoms with E-state index in [-0.39, 0.29) is 18.4 Å². The number of amides is 2. The molecule has 9 heteroatoms. The van der Waals surface area contributed by atoms with E-state index in [1.54, 1.807) is 67.4 Å². The molecule has 4 aromatic rings. The Bertz CT molecular complexity index is 1370. The summed E-state index contributed by atoms with van der Waals surface area (Å²) < 4.78 is 12.2. The monoisotopic (exact) mass is 515 g/mol. The average Bonchev–Trinajstić information content (AvgIpc) is 3.34. The first-order valence-corrected chi connectivity index (χ1v) is 12.6. The van der Waals surface area contributed by atoms with Gasteiger partial charge < -0.3 is 14.8 Å². The predicted molar refractivity (Wildman–Crippen MR) is 146 cm³/mol. The minimum atomic E-state index is -0.927. The Morgan fingerprint density at radius 3 is 2.18 bits per heavy atom. The fourth-order valence-corrected chi connectivity index (χ4v) is 4.20. The van der Waals surface area contributed by atoms with E-state index in [1.165, 1.54) is 4.90 Å². The molecule has 0 saturated carbocycles. The third kappa shape index (κ3) is 6.11. The van der Waals surface area contributed by atoms with Gasteiger partial charge in [-0.15, -0.1) is 5.10 Å². The van der Waals surface area contributed by atoms with Gasteiger partial charge >= 0.3 is 0 Å². The van der Waals surface area contributed by atoms with E-state index >= 15 is 0 Å². The molecule has 0 aliphatic carbocycles. The molecule has 38 heavy (non-hydrogen) atoms. The topological polar surface area (TPSA) is 98.6 Å². The molecule has 1 heterocycles. The number of fused-ring (bicyclic) bond motifs is 1. The van der Waals surface area contributed by atoms with E-state index in [2.05, 4.69) is 29.5 Å². The van der Waals surface area contributed by atoms with Gasteiger partial charge in [0.15, 0.2) is 0 Å². The molecule has 3 aromatic carbocycles. The number of para-hydroxylation sites is 1. The molecule has 0 aliphatic rings. The van der Waals surface area contributed by atoms with Crippen molar-refractivity contribution in [3.05, 3.63) is 78.4 Å². The SMILES string of the molecule is COc1ccc([C@H](C(=O)NCCC(C)C)N(C(=O)Cn2nnc3ccccc32)c2ccc(OC)cc2)cc1. The van der Waals surface area contributed by atoms with Crippen molar-refractivity contribution in [1.29, 1.82) is 0 Å². The number of hydrogen-bond donors (Lipinski definition) is 1. The number of anilines is 1.